The molecule has 0 bridgehead atoms. The van der Waals surface area contributed by atoms with Crippen molar-refractivity contribution >= 4 is 11.8 Å². The van der Waals surface area contributed by atoms with Crippen molar-refractivity contribution in [2.45, 2.75) is 38.2 Å². The lowest BCUT2D eigenvalue weighted by Crippen LogP contribution is -2.45. The van der Waals surface area contributed by atoms with E-state index >= 15 is 0 Å². The van der Waals surface area contributed by atoms with Crippen LogP contribution in [-0.4, -0.2) is 62.3 Å². The second kappa shape index (κ2) is 10.5. The van der Waals surface area contributed by atoms with Gasteiger partial charge in [-0.2, -0.15) is 0 Å². The van der Waals surface area contributed by atoms with Crippen LogP contribution in [0.15, 0.2) is 24.3 Å². The molecule has 1 aromatic carbocycles. The summed E-state index contributed by atoms with van der Waals surface area (Å²) < 4.78 is 24.1. The summed E-state index contributed by atoms with van der Waals surface area (Å²) >= 11 is 0. The molecule has 2 aliphatic rings. The Morgan fingerprint density at radius 3 is 2.79 bits per heavy atom. The van der Waals surface area contributed by atoms with Gasteiger partial charge >= 0.3 is 0 Å². The van der Waals surface area contributed by atoms with Crippen LogP contribution in [0.5, 0.6) is 0 Å². The average Bonchev–Trinajstić information content (AvgIpc) is 3.24. The topological polar surface area (TPSA) is 67.9 Å². The SMILES string of the molecule is O=C(NCCCOCC1CCCO1)C1CCCN(C(=O)c2ccc(F)cc2)C1. The van der Waals surface area contributed by atoms with Gasteiger partial charge in [-0.25, -0.2) is 4.39 Å². The maximum Gasteiger partial charge on any atom is 0.253 e. The summed E-state index contributed by atoms with van der Waals surface area (Å²) in [4.78, 5) is 26.7. The zero-order valence-corrected chi connectivity index (χ0v) is 16.2. The van der Waals surface area contributed by atoms with E-state index in [-0.39, 0.29) is 29.7 Å². The summed E-state index contributed by atoms with van der Waals surface area (Å²) in [6.07, 6.45) is 4.70. The fraction of sp³-hybridized carbons (Fsp3) is 0.619. The van der Waals surface area contributed by atoms with E-state index in [1.807, 2.05) is 0 Å². The number of halogens is 1. The fourth-order valence-electron chi connectivity index (χ4n) is 3.67. The number of nitrogens with one attached hydrogen (secondary N) is 1. The Balaban J connectivity index is 1.35. The van der Waals surface area contributed by atoms with E-state index in [1.165, 1.54) is 24.3 Å². The lowest BCUT2D eigenvalue weighted by Gasteiger charge is -2.32. The van der Waals surface area contributed by atoms with Gasteiger partial charge in [0, 0.05) is 38.4 Å². The Labute approximate surface area is 165 Å². The molecule has 7 heteroatoms. The van der Waals surface area contributed by atoms with Crippen molar-refractivity contribution in [3.63, 3.8) is 0 Å². The molecule has 28 heavy (non-hydrogen) atoms. The van der Waals surface area contributed by atoms with Gasteiger partial charge in [0.1, 0.15) is 5.82 Å². The first-order valence-corrected chi connectivity index (χ1v) is 10.2. The molecular weight excluding hydrogens is 363 g/mol. The third kappa shape index (κ3) is 6.01. The molecule has 154 valence electrons. The fourth-order valence-corrected chi connectivity index (χ4v) is 3.67. The van der Waals surface area contributed by atoms with Gasteiger partial charge in [-0.3, -0.25) is 9.59 Å². The number of carbonyl (C=O) groups excluding carboxylic acids is 2. The Bertz CT molecular complexity index is 646. The van der Waals surface area contributed by atoms with Gasteiger partial charge in [0.25, 0.3) is 5.91 Å². The molecule has 2 aliphatic heterocycles. The predicted molar refractivity (Wildman–Crippen MR) is 102 cm³/mol. The van der Waals surface area contributed by atoms with Gasteiger partial charge in [0.2, 0.25) is 5.91 Å². The Hall–Kier alpha value is -1.99. The lowest BCUT2D eigenvalue weighted by molar-refractivity contribution is -0.126. The van der Waals surface area contributed by atoms with Crippen molar-refractivity contribution in [2.75, 3.05) is 39.5 Å². The van der Waals surface area contributed by atoms with E-state index in [4.69, 9.17) is 9.47 Å². The Kier molecular flexibility index (Phi) is 7.80. The molecule has 2 unspecified atom stereocenters. The Morgan fingerprint density at radius 2 is 2.04 bits per heavy atom. The Morgan fingerprint density at radius 1 is 1.21 bits per heavy atom. The molecule has 2 fully saturated rings. The second-order valence-electron chi connectivity index (χ2n) is 7.45. The molecule has 3 rings (SSSR count). The van der Waals surface area contributed by atoms with Crippen molar-refractivity contribution in [1.82, 2.24) is 10.2 Å². The molecule has 0 aromatic heterocycles. The highest BCUT2D eigenvalue weighted by Gasteiger charge is 2.28. The molecule has 1 N–H and O–H groups in total. The number of rotatable bonds is 8. The summed E-state index contributed by atoms with van der Waals surface area (Å²) in [5.41, 5.74) is 0.450. The molecule has 0 aliphatic carbocycles. The summed E-state index contributed by atoms with van der Waals surface area (Å²) in [5, 5.41) is 2.95. The van der Waals surface area contributed by atoms with Crippen LogP contribution >= 0.6 is 0 Å². The number of hydrogen-bond donors (Lipinski definition) is 1. The van der Waals surface area contributed by atoms with Gasteiger partial charge in [-0.1, -0.05) is 0 Å². The number of benzene rings is 1. The number of hydrogen-bond acceptors (Lipinski definition) is 4. The largest absolute Gasteiger partial charge is 0.379 e. The van der Waals surface area contributed by atoms with Gasteiger partial charge in [0.05, 0.1) is 18.6 Å². The summed E-state index contributed by atoms with van der Waals surface area (Å²) in [6.45, 7) is 3.63. The number of amides is 2. The molecule has 0 radical (unpaired) electrons. The monoisotopic (exact) mass is 392 g/mol. The third-order valence-corrected chi connectivity index (χ3v) is 5.26. The number of piperidine rings is 1. The molecule has 2 amide bonds. The second-order valence-corrected chi connectivity index (χ2v) is 7.45. The van der Waals surface area contributed by atoms with E-state index < -0.39 is 0 Å². The predicted octanol–water partition coefficient (Wildman–Crippen LogP) is 2.38. The quantitative estimate of drug-likeness (QED) is 0.690. The van der Waals surface area contributed by atoms with Crippen LogP contribution in [0.1, 0.15) is 42.5 Å². The first-order chi connectivity index (χ1) is 13.6. The normalized spacial score (nSPS) is 22.2. The van der Waals surface area contributed by atoms with Crippen molar-refractivity contribution in [1.29, 1.82) is 0 Å². The number of likely N-dealkylation sites (tertiary alicyclic amines) is 1. The molecular formula is C21H29FN2O4. The minimum Gasteiger partial charge on any atom is -0.379 e. The highest BCUT2D eigenvalue weighted by atomic mass is 19.1. The van der Waals surface area contributed by atoms with Crippen LogP contribution in [0.4, 0.5) is 4.39 Å². The molecule has 2 atom stereocenters. The molecule has 2 heterocycles. The third-order valence-electron chi connectivity index (χ3n) is 5.26. The first kappa shape index (κ1) is 20.7. The van der Waals surface area contributed by atoms with Gasteiger partial charge in [-0.15, -0.1) is 0 Å². The van der Waals surface area contributed by atoms with Crippen molar-refractivity contribution in [3.05, 3.63) is 35.6 Å². The number of carbonyl (C=O) groups is 2. The molecule has 0 saturated carbocycles. The van der Waals surface area contributed by atoms with E-state index in [1.54, 1.807) is 4.90 Å². The van der Waals surface area contributed by atoms with Crippen LogP contribution in [0.25, 0.3) is 0 Å². The van der Waals surface area contributed by atoms with Crippen molar-refractivity contribution < 1.29 is 23.5 Å². The smallest absolute Gasteiger partial charge is 0.253 e. The summed E-state index contributed by atoms with van der Waals surface area (Å²) in [7, 11) is 0. The van der Waals surface area contributed by atoms with E-state index in [9.17, 15) is 14.0 Å². The minimum atomic E-state index is -0.368. The molecule has 1 aromatic rings. The van der Waals surface area contributed by atoms with E-state index in [0.29, 0.717) is 38.4 Å². The maximum absolute atomic E-state index is 13.0. The highest BCUT2D eigenvalue weighted by molar-refractivity contribution is 5.94. The molecule has 6 nitrogen and oxygen atoms in total. The van der Waals surface area contributed by atoms with Crippen molar-refractivity contribution in [2.24, 2.45) is 5.92 Å². The van der Waals surface area contributed by atoms with Crippen molar-refractivity contribution in [3.8, 4) is 0 Å². The van der Waals surface area contributed by atoms with E-state index in [2.05, 4.69) is 5.32 Å². The zero-order valence-electron chi connectivity index (χ0n) is 16.2. The average molecular weight is 392 g/mol. The van der Waals surface area contributed by atoms with Crippen LogP contribution in [-0.2, 0) is 14.3 Å². The number of ether oxygens (including phenoxy) is 2. The highest BCUT2D eigenvalue weighted by Crippen LogP contribution is 2.19. The number of nitrogens with zero attached hydrogens (tertiary/aromatic N) is 1. The zero-order chi connectivity index (χ0) is 19.8. The van der Waals surface area contributed by atoms with Gasteiger partial charge in [0.15, 0.2) is 0 Å². The molecule has 0 spiro atoms. The van der Waals surface area contributed by atoms with Crippen LogP contribution in [0.2, 0.25) is 0 Å². The van der Waals surface area contributed by atoms with Crippen LogP contribution in [0, 0.1) is 11.7 Å². The standard InChI is InChI=1S/C21H29FN2O4/c22-18-8-6-16(7-9-18)21(26)24-11-1-4-17(14-24)20(25)23-10-3-12-27-15-19-5-2-13-28-19/h6-9,17,19H,1-5,10-15H2,(H,23,25). The minimum absolute atomic E-state index is 0.0178. The lowest BCUT2D eigenvalue weighted by atomic mass is 9.96. The van der Waals surface area contributed by atoms with Crippen LogP contribution in [0.3, 0.4) is 0 Å². The van der Waals surface area contributed by atoms with E-state index in [0.717, 1.165) is 38.7 Å². The molecule has 2 saturated heterocycles. The maximum atomic E-state index is 13.0. The van der Waals surface area contributed by atoms with Gasteiger partial charge < -0.3 is 19.7 Å². The first-order valence-electron chi connectivity index (χ1n) is 10.2. The van der Waals surface area contributed by atoms with Crippen LogP contribution < -0.4 is 5.32 Å². The summed E-state index contributed by atoms with van der Waals surface area (Å²) in [6, 6.07) is 5.53. The summed E-state index contributed by atoms with van der Waals surface area (Å²) in [5.74, 6) is -0.742. The van der Waals surface area contributed by atoms with Gasteiger partial charge in [-0.05, 0) is 56.4 Å².